The highest BCUT2D eigenvalue weighted by atomic mass is 35.5. The second-order valence-corrected chi connectivity index (χ2v) is 9.45. The SMILES string of the molecule is C[C@H](NC(=O)COc1ccc(S(=O)(=O)NC2CCCC2)cc1Cl)c1ccc(F)cc1. The second kappa shape index (κ2) is 9.76. The summed E-state index contributed by atoms with van der Waals surface area (Å²) in [5.74, 6) is -0.525. The van der Waals surface area contributed by atoms with Gasteiger partial charge in [-0.15, -0.1) is 0 Å². The summed E-state index contributed by atoms with van der Waals surface area (Å²) in [6, 6.07) is 9.61. The van der Waals surface area contributed by atoms with E-state index >= 15 is 0 Å². The number of rotatable bonds is 8. The van der Waals surface area contributed by atoms with E-state index < -0.39 is 10.0 Å². The van der Waals surface area contributed by atoms with E-state index in [1.807, 2.05) is 0 Å². The summed E-state index contributed by atoms with van der Waals surface area (Å²) < 4.78 is 46.1. The number of sulfonamides is 1. The Bertz CT molecular complexity index is 993. The van der Waals surface area contributed by atoms with Crippen LogP contribution in [0.15, 0.2) is 47.4 Å². The summed E-state index contributed by atoms with van der Waals surface area (Å²) >= 11 is 6.17. The third-order valence-corrected chi connectivity index (χ3v) is 6.81. The van der Waals surface area contributed by atoms with Gasteiger partial charge in [0.25, 0.3) is 5.91 Å². The molecule has 0 heterocycles. The Morgan fingerprint density at radius 1 is 1.20 bits per heavy atom. The minimum atomic E-state index is -3.66. The fourth-order valence-corrected chi connectivity index (χ4v) is 4.99. The van der Waals surface area contributed by atoms with Gasteiger partial charge < -0.3 is 10.1 Å². The number of amides is 1. The molecule has 1 saturated carbocycles. The van der Waals surface area contributed by atoms with Crippen LogP contribution in [-0.4, -0.2) is 27.0 Å². The highest BCUT2D eigenvalue weighted by Crippen LogP contribution is 2.28. The molecule has 1 aliphatic rings. The van der Waals surface area contributed by atoms with Gasteiger partial charge in [-0.1, -0.05) is 36.6 Å². The standard InChI is InChI=1S/C21H24ClFN2O4S/c1-14(15-6-8-16(23)9-7-15)24-21(26)13-29-20-11-10-18(12-19(20)22)30(27,28)25-17-4-2-3-5-17/h6-12,14,17,25H,2-5,13H2,1H3,(H,24,26)/t14-/m0/s1. The quantitative estimate of drug-likeness (QED) is 0.632. The molecule has 0 unspecified atom stereocenters. The Labute approximate surface area is 180 Å². The van der Waals surface area contributed by atoms with Crippen molar-refractivity contribution in [3.63, 3.8) is 0 Å². The lowest BCUT2D eigenvalue weighted by Crippen LogP contribution is -2.32. The van der Waals surface area contributed by atoms with Gasteiger partial charge in [-0.25, -0.2) is 17.5 Å². The number of carbonyl (C=O) groups excluding carboxylic acids is 1. The maximum Gasteiger partial charge on any atom is 0.258 e. The molecule has 1 fully saturated rings. The van der Waals surface area contributed by atoms with Crippen molar-refractivity contribution >= 4 is 27.5 Å². The summed E-state index contributed by atoms with van der Waals surface area (Å²) in [4.78, 5) is 12.2. The van der Waals surface area contributed by atoms with Gasteiger partial charge in [-0.3, -0.25) is 4.79 Å². The molecule has 162 valence electrons. The molecule has 0 bridgehead atoms. The molecule has 3 rings (SSSR count). The molecule has 30 heavy (non-hydrogen) atoms. The van der Waals surface area contributed by atoms with Crippen molar-refractivity contribution in [2.75, 3.05) is 6.61 Å². The van der Waals surface area contributed by atoms with Gasteiger partial charge in [0.05, 0.1) is 16.0 Å². The lowest BCUT2D eigenvalue weighted by Gasteiger charge is -2.16. The van der Waals surface area contributed by atoms with Crippen molar-refractivity contribution in [2.45, 2.75) is 49.6 Å². The molecular weight excluding hydrogens is 431 g/mol. The normalized spacial score (nSPS) is 15.7. The zero-order chi connectivity index (χ0) is 21.7. The lowest BCUT2D eigenvalue weighted by atomic mass is 10.1. The first-order chi connectivity index (χ1) is 14.2. The Balaban J connectivity index is 1.56. The van der Waals surface area contributed by atoms with Gasteiger partial charge in [0, 0.05) is 6.04 Å². The molecule has 1 amide bonds. The number of hydrogen-bond donors (Lipinski definition) is 2. The van der Waals surface area contributed by atoms with Crippen molar-refractivity contribution in [1.82, 2.24) is 10.0 Å². The number of nitrogens with one attached hydrogen (secondary N) is 2. The van der Waals surface area contributed by atoms with E-state index in [0.717, 1.165) is 31.2 Å². The van der Waals surface area contributed by atoms with E-state index in [1.165, 1.54) is 30.3 Å². The molecule has 9 heteroatoms. The van der Waals surface area contributed by atoms with Crippen LogP contribution in [0, 0.1) is 5.82 Å². The molecule has 0 aliphatic heterocycles. The number of halogens is 2. The highest BCUT2D eigenvalue weighted by Gasteiger charge is 2.23. The first-order valence-corrected chi connectivity index (χ1v) is 11.6. The maximum atomic E-state index is 13.0. The van der Waals surface area contributed by atoms with Crippen LogP contribution in [0.1, 0.15) is 44.2 Å². The molecule has 2 N–H and O–H groups in total. The average molecular weight is 455 g/mol. The zero-order valence-electron chi connectivity index (χ0n) is 16.5. The van der Waals surface area contributed by atoms with Gasteiger partial charge in [-0.2, -0.15) is 0 Å². The van der Waals surface area contributed by atoms with E-state index in [1.54, 1.807) is 19.1 Å². The van der Waals surface area contributed by atoms with Crippen LogP contribution in [0.2, 0.25) is 5.02 Å². The molecule has 0 spiro atoms. The Kier molecular flexibility index (Phi) is 7.33. The molecule has 1 atom stereocenters. The molecule has 0 radical (unpaired) electrons. The summed E-state index contributed by atoms with van der Waals surface area (Å²) in [6.45, 7) is 1.48. The smallest absolute Gasteiger partial charge is 0.258 e. The summed E-state index contributed by atoms with van der Waals surface area (Å²) in [5, 5.41) is 2.85. The number of hydrogen-bond acceptors (Lipinski definition) is 4. The number of carbonyl (C=O) groups is 1. The molecule has 0 saturated heterocycles. The van der Waals surface area contributed by atoms with Crippen molar-refractivity contribution < 1.29 is 22.3 Å². The van der Waals surface area contributed by atoms with E-state index in [9.17, 15) is 17.6 Å². The van der Waals surface area contributed by atoms with E-state index in [0.29, 0.717) is 0 Å². The monoisotopic (exact) mass is 454 g/mol. The molecule has 2 aromatic rings. The zero-order valence-corrected chi connectivity index (χ0v) is 18.1. The predicted molar refractivity (Wildman–Crippen MR) is 112 cm³/mol. The Hall–Kier alpha value is -2.16. The van der Waals surface area contributed by atoms with Crippen LogP contribution in [0.25, 0.3) is 0 Å². The van der Waals surface area contributed by atoms with Crippen molar-refractivity contribution in [1.29, 1.82) is 0 Å². The van der Waals surface area contributed by atoms with Gasteiger partial charge in [0.2, 0.25) is 10.0 Å². The van der Waals surface area contributed by atoms with E-state index in [2.05, 4.69) is 10.0 Å². The fourth-order valence-electron chi connectivity index (χ4n) is 3.36. The van der Waals surface area contributed by atoms with Crippen molar-refractivity contribution in [2.24, 2.45) is 0 Å². The molecule has 2 aromatic carbocycles. The third-order valence-electron chi connectivity index (χ3n) is 5.00. The van der Waals surface area contributed by atoms with Crippen LogP contribution in [0.3, 0.4) is 0 Å². The minimum Gasteiger partial charge on any atom is -0.482 e. The largest absolute Gasteiger partial charge is 0.482 e. The first-order valence-electron chi connectivity index (χ1n) is 9.74. The third kappa shape index (κ3) is 5.93. The van der Waals surface area contributed by atoms with Crippen molar-refractivity contribution in [3.8, 4) is 5.75 Å². The molecule has 6 nitrogen and oxygen atoms in total. The lowest BCUT2D eigenvalue weighted by molar-refractivity contribution is -0.123. The molecule has 0 aromatic heterocycles. The van der Waals surface area contributed by atoms with Gasteiger partial charge >= 0.3 is 0 Å². The van der Waals surface area contributed by atoms with Crippen LogP contribution in [0.5, 0.6) is 5.75 Å². The molecular formula is C21H24ClFN2O4S. The maximum absolute atomic E-state index is 13.0. The van der Waals surface area contributed by atoms with Crippen LogP contribution in [0.4, 0.5) is 4.39 Å². The van der Waals surface area contributed by atoms with Crippen LogP contribution in [-0.2, 0) is 14.8 Å². The second-order valence-electron chi connectivity index (χ2n) is 7.32. The van der Waals surface area contributed by atoms with Crippen LogP contribution >= 0.6 is 11.6 Å². The Morgan fingerprint density at radius 3 is 2.50 bits per heavy atom. The number of benzene rings is 2. The topological polar surface area (TPSA) is 84.5 Å². The minimum absolute atomic E-state index is 0.0449. The number of ether oxygens (including phenoxy) is 1. The van der Waals surface area contributed by atoms with Crippen LogP contribution < -0.4 is 14.8 Å². The first kappa shape index (κ1) is 22.5. The van der Waals surface area contributed by atoms with Gasteiger partial charge in [-0.05, 0) is 55.7 Å². The summed E-state index contributed by atoms with van der Waals surface area (Å²) in [6.07, 6.45) is 3.70. The van der Waals surface area contributed by atoms with Gasteiger partial charge in [0.1, 0.15) is 11.6 Å². The molecule has 1 aliphatic carbocycles. The summed E-state index contributed by atoms with van der Waals surface area (Å²) in [7, 11) is -3.66. The average Bonchev–Trinajstić information content (AvgIpc) is 3.19. The van der Waals surface area contributed by atoms with Gasteiger partial charge in [0.15, 0.2) is 6.61 Å². The Morgan fingerprint density at radius 2 is 1.87 bits per heavy atom. The van der Waals surface area contributed by atoms with E-state index in [-0.39, 0.29) is 46.1 Å². The van der Waals surface area contributed by atoms with Crippen molar-refractivity contribution in [3.05, 3.63) is 58.9 Å². The van der Waals surface area contributed by atoms with E-state index in [4.69, 9.17) is 16.3 Å². The summed E-state index contributed by atoms with van der Waals surface area (Å²) in [5.41, 5.74) is 0.757. The highest BCUT2D eigenvalue weighted by molar-refractivity contribution is 7.89. The fraction of sp³-hybridized carbons (Fsp3) is 0.381. The predicted octanol–water partition coefficient (Wildman–Crippen LogP) is 3.96.